The summed E-state index contributed by atoms with van der Waals surface area (Å²) in [5.74, 6) is 0.537. The number of hydrogen-bond acceptors (Lipinski definition) is 2. The molecule has 19 heavy (non-hydrogen) atoms. The van der Waals surface area contributed by atoms with E-state index < -0.39 is 10.0 Å². The van der Waals surface area contributed by atoms with Crippen molar-refractivity contribution >= 4 is 10.0 Å². The predicted molar refractivity (Wildman–Crippen MR) is 79.6 cm³/mol. The molecule has 0 aliphatic rings. The average Bonchev–Trinajstić information content (AvgIpc) is 2.38. The second-order valence-corrected chi connectivity index (χ2v) is 6.66. The molecule has 1 rings (SSSR count). The molecule has 3 nitrogen and oxygen atoms in total. The van der Waals surface area contributed by atoms with Crippen molar-refractivity contribution < 1.29 is 8.42 Å². The molecule has 0 aliphatic carbocycles. The minimum Gasteiger partial charge on any atom is -0.225 e. The molecule has 1 aromatic carbocycles. The number of primary sulfonamides is 1. The monoisotopic (exact) mass is 283 g/mol. The molecule has 0 unspecified atom stereocenters. The molecule has 0 atom stereocenters. The highest BCUT2D eigenvalue weighted by molar-refractivity contribution is 7.89. The molecular formula is C15H25NO2S. The Morgan fingerprint density at radius 1 is 1.00 bits per heavy atom. The Labute approximate surface area is 117 Å². The van der Waals surface area contributed by atoms with Crippen LogP contribution in [0.2, 0.25) is 0 Å². The Balaban J connectivity index is 2.83. The first-order valence-corrected chi connectivity index (χ1v) is 8.66. The van der Waals surface area contributed by atoms with Crippen LogP contribution in [0.3, 0.4) is 0 Å². The lowest BCUT2D eigenvalue weighted by Crippen LogP contribution is -2.12. The van der Waals surface area contributed by atoms with Gasteiger partial charge in [0.1, 0.15) is 0 Å². The van der Waals surface area contributed by atoms with Crippen LogP contribution < -0.4 is 5.14 Å². The van der Waals surface area contributed by atoms with E-state index in [-0.39, 0.29) is 4.90 Å². The van der Waals surface area contributed by atoms with E-state index in [1.807, 2.05) is 12.1 Å². The van der Waals surface area contributed by atoms with Crippen molar-refractivity contribution in [2.24, 2.45) is 5.14 Å². The van der Waals surface area contributed by atoms with Crippen molar-refractivity contribution in [2.75, 3.05) is 0 Å². The van der Waals surface area contributed by atoms with Gasteiger partial charge in [0.05, 0.1) is 4.90 Å². The predicted octanol–water partition coefficient (Wildman–Crippen LogP) is 3.80. The molecule has 108 valence electrons. The van der Waals surface area contributed by atoms with Crippen molar-refractivity contribution in [3.63, 3.8) is 0 Å². The van der Waals surface area contributed by atoms with Gasteiger partial charge in [-0.3, -0.25) is 0 Å². The highest BCUT2D eigenvalue weighted by atomic mass is 32.2. The first-order chi connectivity index (χ1) is 8.99. The molecular weight excluding hydrogens is 258 g/mol. The Morgan fingerprint density at radius 2 is 1.47 bits per heavy atom. The van der Waals surface area contributed by atoms with E-state index in [2.05, 4.69) is 13.8 Å². The fraction of sp³-hybridized carbons (Fsp3) is 0.600. The summed E-state index contributed by atoms with van der Waals surface area (Å²) in [5, 5.41) is 5.12. The largest absolute Gasteiger partial charge is 0.238 e. The molecule has 4 heteroatoms. The van der Waals surface area contributed by atoms with Crippen LogP contribution in [0.4, 0.5) is 0 Å². The van der Waals surface area contributed by atoms with Crippen molar-refractivity contribution in [1.82, 2.24) is 0 Å². The van der Waals surface area contributed by atoms with E-state index in [4.69, 9.17) is 5.14 Å². The fourth-order valence-electron chi connectivity index (χ4n) is 2.31. The number of rotatable bonds is 8. The maximum atomic E-state index is 11.2. The molecule has 0 fully saturated rings. The zero-order chi connectivity index (χ0) is 14.3. The molecule has 0 saturated heterocycles. The number of benzene rings is 1. The summed E-state index contributed by atoms with van der Waals surface area (Å²) in [4.78, 5) is 0.195. The van der Waals surface area contributed by atoms with Gasteiger partial charge in [-0.2, -0.15) is 0 Å². The van der Waals surface area contributed by atoms with Crippen LogP contribution in [0.25, 0.3) is 0 Å². The number of nitrogens with two attached hydrogens (primary N) is 1. The normalized spacial score (nSPS) is 12.0. The van der Waals surface area contributed by atoms with Gasteiger partial charge in [-0.15, -0.1) is 0 Å². The minimum atomic E-state index is -3.58. The van der Waals surface area contributed by atoms with Gasteiger partial charge in [-0.25, -0.2) is 13.6 Å². The smallest absolute Gasteiger partial charge is 0.225 e. The molecule has 0 saturated carbocycles. The van der Waals surface area contributed by atoms with Crippen LogP contribution >= 0.6 is 0 Å². The lowest BCUT2D eigenvalue weighted by Gasteiger charge is -2.17. The SMILES string of the molecule is CCCCC(CCCC)c1ccc(S(N)(=O)=O)cc1. The second kappa shape index (κ2) is 7.65. The van der Waals surface area contributed by atoms with Gasteiger partial charge >= 0.3 is 0 Å². The third-order valence-corrected chi connectivity index (χ3v) is 4.42. The van der Waals surface area contributed by atoms with E-state index in [0.29, 0.717) is 5.92 Å². The van der Waals surface area contributed by atoms with Crippen LogP contribution in [0.1, 0.15) is 63.9 Å². The van der Waals surface area contributed by atoms with Crippen molar-refractivity contribution in [3.05, 3.63) is 29.8 Å². The number of sulfonamides is 1. The number of unbranched alkanes of at least 4 members (excludes halogenated alkanes) is 2. The Hall–Kier alpha value is -0.870. The highest BCUT2D eigenvalue weighted by Gasteiger charge is 2.13. The maximum absolute atomic E-state index is 11.2. The van der Waals surface area contributed by atoms with E-state index in [0.717, 1.165) is 0 Å². The first-order valence-electron chi connectivity index (χ1n) is 7.11. The molecule has 0 heterocycles. The van der Waals surface area contributed by atoms with Crippen LogP contribution in [0.15, 0.2) is 29.2 Å². The highest BCUT2D eigenvalue weighted by Crippen LogP contribution is 2.28. The minimum absolute atomic E-state index is 0.195. The Kier molecular flexibility index (Phi) is 6.52. The summed E-state index contributed by atoms with van der Waals surface area (Å²) in [5.41, 5.74) is 1.23. The van der Waals surface area contributed by atoms with E-state index in [1.165, 1.54) is 44.1 Å². The van der Waals surface area contributed by atoms with Gasteiger partial charge in [-0.05, 0) is 36.5 Å². The Bertz CT molecular complexity index is 457. The summed E-state index contributed by atoms with van der Waals surface area (Å²) in [6.07, 6.45) is 7.16. The van der Waals surface area contributed by atoms with Crippen LogP contribution in [-0.4, -0.2) is 8.42 Å². The maximum Gasteiger partial charge on any atom is 0.238 e. The quantitative estimate of drug-likeness (QED) is 0.789. The zero-order valence-corrected chi connectivity index (χ0v) is 12.7. The first kappa shape index (κ1) is 16.2. The molecule has 0 amide bonds. The Morgan fingerprint density at radius 3 is 1.84 bits per heavy atom. The molecule has 0 aliphatic heterocycles. The zero-order valence-electron chi connectivity index (χ0n) is 11.9. The van der Waals surface area contributed by atoms with E-state index in [9.17, 15) is 8.42 Å². The summed E-state index contributed by atoms with van der Waals surface area (Å²) in [6, 6.07) is 7.07. The lowest BCUT2D eigenvalue weighted by atomic mass is 9.89. The topological polar surface area (TPSA) is 60.2 Å². The van der Waals surface area contributed by atoms with Crippen molar-refractivity contribution in [2.45, 2.75) is 63.2 Å². The van der Waals surface area contributed by atoms with Gasteiger partial charge in [0, 0.05) is 0 Å². The summed E-state index contributed by atoms with van der Waals surface area (Å²) in [6.45, 7) is 4.39. The number of hydrogen-bond donors (Lipinski definition) is 1. The van der Waals surface area contributed by atoms with E-state index in [1.54, 1.807) is 12.1 Å². The van der Waals surface area contributed by atoms with Crippen molar-refractivity contribution in [3.8, 4) is 0 Å². The fourth-order valence-corrected chi connectivity index (χ4v) is 2.82. The van der Waals surface area contributed by atoms with Crippen molar-refractivity contribution in [1.29, 1.82) is 0 Å². The second-order valence-electron chi connectivity index (χ2n) is 5.10. The lowest BCUT2D eigenvalue weighted by molar-refractivity contribution is 0.524. The van der Waals surface area contributed by atoms with Gasteiger partial charge in [-0.1, -0.05) is 51.7 Å². The summed E-state index contributed by atoms with van der Waals surface area (Å²) >= 11 is 0. The standard InChI is InChI=1S/C15H25NO2S/c1-3-5-7-13(8-6-4-2)14-9-11-15(12-10-14)19(16,17)18/h9-13H,3-8H2,1-2H3,(H2,16,17,18). The van der Waals surface area contributed by atoms with Gasteiger partial charge in [0.15, 0.2) is 0 Å². The third-order valence-electron chi connectivity index (χ3n) is 3.49. The average molecular weight is 283 g/mol. The summed E-state index contributed by atoms with van der Waals surface area (Å²) in [7, 11) is -3.58. The van der Waals surface area contributed by atoms with E-state index >= 15 is 0 Å². The molecule has 0 aromatic heterocycles. The van der Waals surface area contributed by atoms with Gasteiger partial charge in [0.25, 0.3) is 0 Å². The van der Waals surface area contributed by atoms with Gasteiger partial charge in [0.2, 0.25) is 10.0 Å². The molecule has 0 radical (unpaired) electrons. The van der Waals surface area contributed by atoms with Crippen LogP contribution in [-0.2, 0) is 10.0 Å². The van der Waals surface area contributed by atoms with Crippen LogP contribution in [0, 0.1) is 0 Å². The van der Waals surface area contributed by atoms with Gasteiger partial charge < -0.3 is 0 Å². The molecule has 1 aromatic rings. The van der Waals surface area contributed by atoms with Crippen LogP contribution in [0.5, 0.6) is 0 Å². The molecule has 2 N–H and O–H groups in total. The molecule has 0 spiro atoms. The third kappa shape index (κ3) is 5.33. The molecule has 0 bridgehead atoms. The summed E-state index contributed by atoms with van der Waals surface area (Å²) < 4.78 is 22.5.